The van der Waals surface area contributed by atoms with Crippen LogP contribution in [0.15, 0.2) is 30.6 Å². The van der Waals surface area contributed by atoms with E-state index in [1.807, 2.05) is 17.7 Å². The molecule has 1 atom stereocenters. The molecule has 0 bridgehead atoms. The van der Waals surface area contributed by atoms with E-state index in [0.717, 1.165) is 62.7 Å². The van der Waals surface area contributed by atoms with Gasteiger partial charge < -0.3 is 14.2 Å². The summed E-state index contributed by atoms with van der Waals surface area (Å²) in [6.45, 7) is 5.57. The highest BCUT2D eigenvalue weighted by molar-refractivity contribution is 6.29. The molecule has 0 spiro atoms. The van der Waals surface area contributed by atoms with Crippen molar-refractivity contribution in [3.8, 4) is 17.1 Å². The molecule has 206 valence electrons. The van der Waals surface area contributed by atoms with E-state index in [0.29, 0.717) is 28.4 Å². The van der Waals surface area contributed by atoms with Gasteiger partial charge in [0.2, 0.25) is 5.88 Å². The minimum absolute atomic E-state index is 0.0577. The van der Waals surface area contributed by atoms with E-state index < -0.39 is 17.7 Å². The Hall–Kier alpha value is -3.19. The van der Waals surface area contributed by atoms with Crippen molar-refractivity contribution in [2.45, 2.75) is 38.0 Å². The zero-order valence-corrected chi connectivity index (χ0v) is 22.3. The second-order valence-corrected chi connectivity index (χ2v) is 10.2. The minimum Gasteiger partial charge on any atom is -0.475 e. The van der Waals surface area contributed by atoms with Crippen molar-refractivity contribution in [2.75, 3.05) is 40.0 Å². The molecule has 2 aliphatic rings. The van der Waals surface area contributed by atoms with Crippen LogP contribution < -0.4 is 4.74 Å². The maximum absolute atomic E-state index is 14.3. The summed E-state index contributed by atoms with van der Waals surface area (Å²) in [5, 5.41) is 9.36. The zero-order valence-electron chi connectivity index (χ0n) is 21.6. The number of fused-ring (bicyclic) bond motifs is 1. The molecule has 0 aromatic carbocycles. The topological polar surface area (TPSA) is 91.8 Å². The number of nitrogens with zero attached hydrogens (tertiary/aromatic N) is 7. The summed E-state index contributed by atoms with van der Waals surface area (Å²) in [6, 6.07) is 5.23. The quantitative estimate of drug-likeness (QED) is 0.320. The Labute approximate surface area is 228 Å². The van der Waals surface area contributed by atoms with Crippen LogP contribution in [0.3, 0.4) is 0 Å². The van der Waals surface area contributed by atoms with Crippen molar-refractivity contribution in [2.24, 2.45) is 0 Å². The number of imidazole rings is 1. The van der Waals surface area contributed by atoms with Gasteiger partial charge in [0, 0.05) is 37.9 Å². The van der Waals surface area contributed by atoms with Crippen molar-refractivity contribution in [3.05, 3.63) is 58.8 Å². The zero-order chi connectivity index (χ0) is 27.1. The van der Waals surface area contributed by atoms with Gasteiger partial charge >= 0.3 is 0 Å². The largest absolute Gasteiger partial charge is 0.475 e. The fourth-order valence-electron chi connectivity index (χ4n) is 5.25. The fraction of sp³-hybridized carbons (Fsp3) is 0.462. The fourth-order valence-corrected chi connectivity index (χ4v) is 5.47. The number of hydrogen-bond acceptors (Lipinski definition) is 8. The lowest BCUT2D eigenvalue weighted by Crippen LogP contribution is -2.52. The van der Waals surface area contributed by atoms with E-state index in [1.54, 1.807) is 10.5 Å². The number of ether oxygens (including phenoxy) is 3. The molecule has 0 N–H and O–H groups in total. The van der Waals surface area contributed by atoms with Gasteiger partial charge in [0.1, 0.15) is 46.5 Å². The van der Waals surface area contributed by atoms with Crippen molar-refractivity contribution >= 4 is 17.2 Å². The molecule has 0 amide bonds. The Morgan fingerprint density at radius 1 is 1.10 bits per heavy atom. The van der Waals surface area contributed by atoms with Gasteiger partial charge in [-0.25, -0.2) is 18.4 Å². The molecule has 6 rings (SSSR count). The predicted octanol–water partition coefficient (Wildman–Crippen LogP) is 4.03. The van der Waals surface area contributed by atoms with E-state index in [2.05, 4.69) is 25.2 Å². The van der Waals surface area contributed by atoms with Crippen molar-refractivity contribution in [3.63, 3.8) is 0 Å². The lowest BCUT2D eigenvalue weighted by Gasteiger charge is -2.41. The van der Waals surface area contributed by atoms with Crippen LogP contribution in [0, 0.1) is 18.6 Å². The molecule has 39 heavy (non-hydrogen) atoms. The van der Waals surface area contributed by atoms with Crippen LogP contribution in [0.4, 0.5) is 8.78 Å². The molecule has 2 fully saturated rings. The summed E-state index contributed by atoms with van der Waals surface area (Å²) >= 11 is 6.40. The van der Waals surface area contributed by atoms with Crippen LogP contribution in [-0.4, -0.2) is 80.3 Å². The summed E-state index contributed by atoms with van der Waals surface area (Å²) in [5.74, 6) is -1.22. The van der Waals surface area contributed by atoms with Gasteiger partial charge in [-0.2, -0.15) is 0 Å². The molecule has 13 heteroatoms. The second kappa shape index (κ2) is 10.8. The number of rotatable bonds is 8. The molecule has 6 heterocycles. The smallest absolute Gasteiger partial charge is 0.201 e. The van der Waals surface area contributed by atoms with Crippen molar-refractivity contribution in [1.82, 2.24) is 34.3 Å². The maximum Gasteiger partial charge on any atom is 0.201 e. The van der Waals surface area contributed by atoms with E-state index in [4.69, 9.17) is 25.8 Å². The van der Waals surface area contributed by atoms with Gasteiger partial charge in [-0.15, -0.1) is 5.10 Å². The van der Waals surface area contributed by atoms with Gasteiger partial charge in [0.05, 0.1) is 43.4 Å². The number of hydrogen-bond donors (Lipinski definition) is 0. The highest BCUT2D eigenvalue weighted by atomic mass is 35.5. The van der Waals surface area contributed by atoms with Gasteiger partial charge in [0.15, 0.2) is 0 Å². The van der Waals surface area contributed by atoms with Crippen LogP contribution in [0.1, 0.15) is 36.4 Å². The van der Waals surface area contributed by atoms with E-state index in [1.165, 1.54) is 13.3 Å². The second-order valence-electron chi connectivity index (χ2n) is 9.84. The van der Waals surface area contributed by atoms with Crippen LogP contribution in [-0.2, 0) is 9.47 Å². The Morgan fingerprint density at radius 3 is 2.59 bits per heavy atom. The lowest BCUT2D eigenvalue weighted by atomic mass is 10.0. The number of pyridine rings is 2. The predicted molar refractivity (Wildman–Crippen MR) is 138 cm³/mol. The van der Waals surface area contributed by atoms with Crippen LogP contribution in [0.2, 0.25) is 5.15 Å². The molecule has 10 nitrogen and oxygen atoms in total. The third-order valence-electron chi connectivity index (χ3n) is 7.52. The lowest BCUT2D eigenvalue weighted by molar-refractivity contribution is -0.0735. The van der Waals surface area contributed by atoms with Crippen LogP contribution in [0.5, 0.6) is 5.88 Å². The number of halogens is 3. The number of methoxy groups -OCH3 is 1. The molecule has 4 aromatic rings. The average Bonchev–Trinajstić information content (AvgIpc) is 3.47. The first kappa shape index (κ1) is 26.1. The summed E-state index contributed by atoms with van der Waals surface area (Å²) < 4.78 is 48.2. The average molecular weight is 560 g/mol. The summed E-state index contributed by atoms with van der Waals surface area (Å²) in [4.78, 5) is 10.7. The Balaban J connectivity index is 1.25. The number of likely N-dealkylation sites (tertiary alicyclic amines) is 1. The molecule has 0 aliphatic carbocycles. The Morgan fingerprint density at radius 2 is 1.90 bits per heavy atom. The third kappa shape index (κ3) is 4.97. The van der Waals surface area contributed by atoms with Crippen LogP contribution in [0.25, 0.3) is 16.9 Å². The molecular weight excluding hydrogens is 532 g/mol. The standard InChI is InChI=1S/C26H28ClF2N7O3/c1-15-25(32-33-36(15)18-3-5-34(6-4-18)19-12-38-13-19)16-7-23-30-11-22(27)35(23)24(8-16)39-14-21(37-2)26-20(29)9-17(28)10-31-26/h7-11,18-19,21H,3-6,12-14H2,1-2H3/t21-/m0/s1. The maximum atomic E-state index is 14.3. The van der Waals surface area contributed by atoms with E-state index >= 15 is 0 Å². The van der Waals surface area contributed by atoms with E-state index in [9.17, 15) is 8.78 Å². The molecule has 0 unspecified atom stereocenters. The van der Waals surface area contributed by atoms with Crippen molar-refractivity contribution in [1.29, 1.82) is 0 Å². The van der Waals surface area contributed by atoms with Crippen molar-refractivity contribution < 1.29 is 23.0 Å². The Bertz CT molecular complexity index is 1480. The van der Waals surface area contributed by atoms with E-state index in [-0.39, 0.29) is 18.3 Å². The third-order valence-corrected chi connectivity index (χ3v) is 7.79. The summed E-state index contributed by atoms with van der Waals surface area (Å²) in [5.41, 5.74) is 2.91. The first-order chi connectivity index (χ1) is 18.9. The highest BCUT2D eigenvalue weighted by Gasteiger charge is 2.31. The molecular formula is C26H28ClF2N7O3. The number of piperidine rings is 1. The SMILES string of the molecule is CO[C@@H](COc1cc(-c2nnn(C3CCN(C4COC4)CC3)c2C)cc2ncc(Cl)n12)c1ncc(F)cc1F. The number of aromatic nitrogens is 6. The molecule has 2 aliphatic heterocycles. The highest BCUT2D eigenvalue weighted by Crippen LogP contribution is 2.33. The summed E-state index contributed by atoms with van der Waals surface area (Å²) in [6.07, 6.45) is 3.57. The minimum atomic E-state index is -0.883. The van der Waals surface area contributed by atoms with Gasteiger partial charge in [-0.1, -0.05) is 16.8 Å². The molecule has 0 radical (unpaired) electrons. The van der Waals surface area contributed by atoms with Crippen LogP contribution >= 0.6 is 11.6 Å². The molecule has 0 saturated carbocycles. The molecule has 2 saturated heterocycles. The van der Waals surface area contributed by atoms with Gasteiger partial charge in [0.25, 0.3) is 0 Å². The summed E-state index contributed by atoms with van der Waals surface area (Å²) in [7, 11) is 1.40. The first-order valence-corrected chi connectivity index (χ1v) is 13.2. The normalized spacial score (nSPS) is 18.0. The first-order valence-electron chi connectivity index (χ1n) is 12.8. The van der Waals surface area contributed by atoms with Gasteiger partial charge in [-0.3, -0.25) is 14.3 Å². The van der Waals surface area contributed by atoms with Gasteiger partial charge in [-0.05, 0) is 25.8 Å². The Kier molecular flexibility index (Phi) is 7.19. The monoisotopic (exact) mass is 559 g/mol. The molecule has 4 aromatic heterocycles.